The van der Waals surface area contributed by atoms with Gasteiger partial charge in [-0.05, 0) is 35.9 Å². The minimum Gasteiger partial charge on any atom is -0.472 e. The van der Waals surface area contributed by atoms with Crippen LogP contribution in [0.4, 0.5) is 5.69 Å². The van der Waals surface area contributed by atoms with Gasteiger partial charge in [0.05, 0.1) is 30.9 Å². The van der Waals surface area contributed by atoms with E-state index in [0.29, 0.717) is 11.3 Å². The van der Waals surface area contributed by atoms with E-state index in [9.17, 15) is 9.59 Å². The van der Waals surface area contributed by atoms with E-state index in [0.717, 1.165) is 11.1 Å². The Labute approximate surface area is 138 Å². The van der Waals surface area contributed by atoms with Crippen LogP contribution in [0.5, 0.6) is 0 Å². The molecule has 0 aliphatic heterocycles. The lowest BCUT2D eigenvalue weighted by molar-refractivity contribution is 0.0602. The van der Waals surface area contributed by atoms with E-state index in [1.54, 1.807) is 61.1 Å². The van der Waals surface area contributed by atoms with E-state index in [2.05, 4.69) is 5.32 Å². The van der Waals surface area contributed by atoms with Crippen molar-refractivity contribution in [1.29, 1.82) is 0 Å². The van der Waals surface area contributed by atoms with Crippen LogP contribution in [0.1, 0.15) is 20.7 Å². The molecule has 5 heteroatoms. The second-order valence-corrected chi connectivity index (χ2v) is 5.08. The summed E-state index contributed by atoms with van der Waals surface area (Å²) in [5.41, 5.74) is 2.84. The molecule has 3 aromatic rings. The average Bonchev–Trinajstić information content (AvgIpc) is 3.16. The van der Waals surface area contributed by atoms with Crippen molar-refractivity contribution >= 4 is 17.6 Å². The van der Waals surface area contributed by atoms with E-state index in [4.69, 9.17) is 9.15 Å². The molecule has 1 amide bonds. The molecule has 0 aliphatic carbocycles. The highest BCUT2D eigenvalue weighted by molar-refractivity contribution is 6.08. The van der Waals surface area contributed by atoms with Gasteiger partial charge in [-0.15, -0.1) is 0 Å². The largest absolute Gasteiger partial charge is 0.472 e. The molecule has 0 radical (unpaired) electrons. The molecule has 1 aromatic heterocycles. The van der Waals surface area contributed by atoms with Crippen LogP contribution in [0.15, 0.2) is 71.5 Å². The molecular formula is C19H15NO4. The number of hydrogen-bond donors (Lipinski definition) is 1. The van der Waals surface area contributed by atoms with Gasteiger partial charge in [-0.3, -0.25) is 4.79 Å². The Morgan fingerprint density at radius 3 is 2.46 bits per heavy atom. The summed E-state index contributed by atoms with van der Waals surface area (Å²) in [7, 11) is 1.30. The Hall–Kier alpha value is -3.34. The fourth-order valence-electron chi connectivity index (χ4n) is 2.33. The molecule has 0 saturated heterocycles. The average molecular weight is 321 g/mol. The van der Waals surface area contributed by atoms with Crippen molar-refractivity contribution in [2.45, 2.75) is 0 Å². The lowest BCUT2D eigenvalue weighted by Gasteiger charge is -2.11. The first kappa shape index (κ1) is 15.6. The molecule has 0 spiro atoms. The number of esters is 1. The number of carbonyl (C=O) groups is 2. The third-order valence-corrected chi connectivity index (χ3v) is 3.56. The van der Waals surface area contributed by atoms with Crippen molar-refractivity contribution in [3.05, 3.63) is 78.3 Å². The normalized spacial score (nSPS) is 10.2. The predicted octanol–water partition coefficient (Wildman–Crippen LogP) is 3.99. The number of nitrogens with one attached hydrogen (secondary N) is 1. The number of benzene rings is 2. The second-order valence-electron chi connectivity index (χ2n) is 5.08. The van der Waals surface area contributed by atoms with Crippen LogP contribution < -0.4 is 5.32 Å². The lowest BCUT2D eigenvalue weighted by atomic mass is 10.0. The summed E-state index contributed by atoms with van der Waals surface area (Å²) in [6.07, 6.45) is 3.15. The fraction of sp³-hybridized carbons (Fsp3) is 0.0526. The van der Waals surface area contributed by atoms with Gasteiger partial charge in [0.1, 0.15) is 0 Å². The number of amides is 1. The van der Waals surface area contributed by atoms with Gasteiger partial charge in [0.15, 0.2) is 0 Å². The molecule has 0 unspecified atom stereocenters. The Kier molecular flexibility index (Phi) is 4.43. The van der Waals surface area contributed by atoms with E-state index < -0.39 is 5.97 Å². The standard InChI is InChI=1S/C19H15NO4/c1-23-19(22)16-8-7-14(15-9-10-24-12-15)11-17(16)20-18(21)13-5-3-2-4-6-13/h2-12H,1H3,(H,20,21). The lowest BCUT2D eigenvalue weighted by Crippen LogP contribution is -2.15. The second kappa shape index (κ2) is 6.83. The van der Waals surface area contributed by atoms with Crippen LogP contribution in [0.25, 0.3) is 11.1 Å². The van der Waals surface area contributed by atoms with Crippen LogP contribution in [-0.2, 0) is 4.74 Å². The zero-order chi connectivity index (χ0) is 16.9. The van der Waals surface area contributed by atoms with Crippen molar-refractivity contribution < 1.29 is 18.7 Å². The number of rotatable bonds is 4. The molecule has 5 nitrogen and oxygen atoms in total. The zero-order valence-corrected chi connectivity index (χ0v) is 13.0. The molecule has 0 saturated carbocycles. The Balaban J connectivity index is 1.98. The maximum atomic E-state index is 12.4. The summed E-state index contributed by atoms with van der Waals surface area (Å²) >= 11 is 0. The molecule has 3 rings (SSSR count). The molecule has 2 aromatic carbocycles. The first-order chi connectivity index (χ1) is 11.7. The molecule has 1 heterocycles. The topological polar surface area (TPSA) is 68.5 Å². The quantitative estimate of drug-likeness (QED) is 0.738. The number of ether oxygens (including phenoxy) is 1. The molecule has 0 bridgehead atoms. The van der Waals surface area contributed by atoms with E-state index in [1.165, 1.54) is 7.11 Å². The molecular weight excluding hydrogens is 306 g/mol. The van der Waals surface area contributed by atoms with Gasteiger partial charge in [-0.2, -0.15) is 0 Å². The smallest absolute Gasteiger partial charge is 0.339 e. The van der Waals surface area contributed by atoms with Crippen molar-refractivity contribution in [3.8, 4) is 11.1 Å². The van der Waals surface area contributed by atoms with Gasteiger partial charge in [0, 0.05) is 11.1 Å². The van der Waals surface area contributed by atoms with Crippen LogP contribution >= 0.6 is 0 Å². The van der Waals surface area contributed by atoms with Gasteiger partial charge >= 0.3 is 5.97 Å². The number of carbonyl (C=O) groups excluding carboxylic acids is 2. The van der Waals surface area contributed by atoms with Crippen LogP contribution in [0.3, 0.4) is 0 Å². The van der Waals surface area contributed by atoms with Gasteiger partial charge in [-0.1, -0.05) is 24.3 Å². The van der Waals surface area contributed by atoms with E-state index >= 15 is 0 Å². The maximum absolute atomic E-state index is 12.4. The van der Waals surface area contributed by atoms with Crippen LogP contribution in [-0.4, -0.2) is 19.0 Å². The van der Waals surface area contributed by atoms with Crippen LogP contribution in [0.2, 0.25) is 0 Å². The number of hydrogen-bond acceptors (Lipinski definition) is 4. The summed E-state index contributed by atoms with van der Waals surface area (Å²) in [6.45, 7) is 0. The highest BCUT2D eigenvalue weighted by Gasteiger charge is 2.16. The first-order valence-corrected chi connectivity index (χ1v) is 7.30. The summed E-state index contributed by atoms with van der Waals surface area (Å²) in [4.78, 5) is 24.4. The van der Waals surface area contributed by atoms with Gasteiger partial charge in [0.25, 0.3) is 5.91 Å². The highest BCUT2D eigenvalue weighted by Crippen LogP contribution is 2.27. The Morgan fingerprint density at radius 1 is 1.00 bits per heavy atom. The predicted molar refractivity (Wildman–Crippen MR) is 89.9 cm³/mol. The summed E-state index contributed by atoms with van der Waals surface area (Å²) in [5, 5.41) is 2.77. The minimum atomic E-state index is -0.517. The Morgan fingerprint density at radius 2 is 1.79 bits per heavy atom. The highest BCUT2D eigenvalue weighted by atomic mass is 16.5. The molecule has 24 heavy (non-hydrogen) atoms. The van der Waals surface area contributed by atoms with Crippen molar-refractivity contribution in [3.63, 3.8) is 0 Å². The molecule has 0 atom stereocenters. The third-order valence-electron chi connectivity index (χ3n) is 3.56. The monoisotopic (exact) mass is 321 g/mol. The number of furan rings is 1. The van der Waals surface area contributed by atoms with E-state index in [-0.39, 0.29) is 11.5 Å². The molecule has 0 aliphatic rings. The minimum absolute atomic E-state index is 0.286. The summed E-state index contributed by atoms with van der Waals surface area (Å²) in [5.74, 6) is -0.817. The zero-order valence-electron chi connectivity index (χ0n) is 13.0. The SMILES string of the molecule is COC(=O)c1ccc(-c2ccoc2)cc1NC(=O)c1ccccc1. The van der Waals surface area contributed by atoms with Gasteiger partial charge in [0.2, 0.25) is 0 Å². The summed E-state index contributed by atoms with van der Waals surface area (Å²) < 4.78 is 9.87. The number of anilines is 1. The molecule has 1 N–H and O–H groups in total. The van der Waals surface area contributed by atoms with Gasteiger partial charge in [-0.25, -0.2) is 4.79 Å². The summed E-state index contributed by atoms with van der Waals surface area (Å²) in [6, 6.07) is 15.7. The van der Waals surface area contributed by atoms with Crippen molar-refractivity contribution in [2.75, 3.05) is 12.4 Å². The fourth-order valence-corrected chi connectivity index (χ4v) is 2.33. The Bertz CT molecular complexity index is 854. The maximum Gasteiger partial charge on any atom is 0.339 e. The third kappa shape index (κ3) is 3.20. The van der Waals surface area contributed by atoms with Crippen molar-refractivity contribution in [1.82, 2.24) is 0 Å². The van der Waals surface area contributed by atoms with Crippen LogP contribution in [0, 0.1) is 0 Å². The number of methoxy groups -OCH3 is 1. The molecule has 120 valence electrons. The molecule has 0 fully saturated rings. The van der Waals surface area contributed by atoms with E-state index in [1.807, 2.05) is 6.07 Å². The first-order valence-electron chi connectivity index (χ1n) is 7.30. The van der Waals surface area contributed by atoms with Gasteiger partial charge < -0.3 is 14.5 Å². The van der Waals surface area contributed by atoms with Crippen molar-refractivity contribution in [2.24, 2.45) is 0 Å².